The quantitative estimate of drug-likeness (QED) is 0.463. The van der Waals surface area contributed by atoms with E-state index in [1.165, 1.54) is 0 Å². The normalized spacial score (nSPS) is 11.3. The zero-order valence-corrected chi connectivity index (χ0v) is 6.46. The minimum Gasteiger partial charge on any atom is -0.285 e. The maximum Gasteiger partial charge on any atom is 0.0597 e. The van der Waals surface area contributed by atoms with E-state index in [0.29, 0.717) is 5.92 Å². The molecule has 0 amide bonds. The summed E-state index contributed by atoms with van der Waals surface area (Å²) in [5.74, 6) is 0.367. The molecule has 0 aromatic heterocycles. The molecule has 0 radical (unpaired) electrons. The van der Waals surface area contributed by atoms with Crippen LogP contribution in [-0.4, -0.2) is 13.4 Å². The van der Waals surface area contributed by atoms with Crippen molar-refractivity contribution in [3.05, 3.63) is 11.9 Å². The standard InChI is InChI=1S/C7H13N3/c1-6(2)7(8-3)5-10-9-4/h5-6,10H,3-4H2,1-2H3/b7-5-. The SMILES string of the molecule is C=NN/C=C(\N=C)C(C)C. The zero-order chi connectivity index (χ0) is 7.98. The van der Waals surface area contributed by atoms with Gasteiger partial charge >= 0.3 is 0 Å². The highest BCUT2D eigenvalue weighted by molar-refractivity contribution is 5.29. The Morgan fingerprint density at radius 2 is 2.10 bits per heavy atom. The van der Waals surface area contributed by atoms with Crippen molar-refractivity contribution >= 4 is 13.4 Å². The molecule has 0 saturated carbocycles. The van der Waals surface area contributed by atoms with Gasteiger partial charge in [0.15, 0.2) is 0 Å². The van der Waals surface area contributed by atoms with Crippen LogP contribution in [0, 0.1) is 5.92 Å². The summed E-state index contributed by atoms with van der Waals surface area (Å²) in [7, 11) is 0. The Bertz CT molecular complexity index is 147. The van der Waals surface area contributed by atoms with Crippen molar-refractivity contribution in [2.45, 2.75) is 13.8 Å². The highest BCUT2D eigenvalue weighted by atomic mass is 15.3. The number of hydrogen-bond donors (Lipinski definition) is 1. The lowest BCUT2D eigenvalue weighted by molar-refractivity contribution is 0.743. The topological polar surface area (TPSA) is 36.8 Å². The molecule has 0 heterocycles. The monoisotopic (exact) mass is 139 g/mol. The smallest absolute Gasteiger partial charge is 0.0597 e. The second-order valence-electron chi connectivity index (χ2n) is 2.17. The highest BCUT2D eigenvalue weighted by Gasteiger charge is 1.97. The van der Waals surface area contributed by atoms with Crippen LogP contribution < -0.4 is 5.43 Å². The molecule has 0 aliphatic heterocycles. The Labute approximate surface area is 61.5 Å². The van der Waals surface area contributed by atoms with E-state index in [-0.39, 0.29) is 0 Å². The Hall–Kier alpha value is -1.12. The number of rotatable bonds is 4. The van der Waals surface area contributed by atoms with Gasteiger partial charge in [-0.25, -0.2) is 0 Å². The molecule has 0 saturated heterocycles. The zero-order valence-electron chi connectivity index (χ0n) is 6.46. The van der Waals surface area contributed by atoms with Crippen LogP contribution in [0.2, 0.25) is 0 Å². The van der Waals surface area contributed by atoms with Crippen LogP contribution in [0.5, 0.6) is 0 Å². The van der Waals surface area contributed by atoms with Crippen molar-refractivity contribution in [2.75, 3.05) is 0 Å². The summed E-state index contributed by atoms with van der Waals surface area (Å²) >= 11 is 0. The van der Waals surface area contributed by atoms with Crippen molar-refractivity contribution in [3.63, 3.8) is 0 Å². The average Bonchev–Trinajstić information content (AvgIpc) is 1.89. The molecule has 0 aliphatic carbocycles. The number of allylic oxidation sites excluding steroid dienone is 1. The minimum atomic E-state index is 0.367. The third kappa shape index (κ3) is 3.02. The Morgan fingerprint density at radius 1 is 1.50 bits per heavy atom. The summed E-state index contributed by atoms with van der Waals surface area (Å²) in [6.07, 6.45) is 1.69. The van der Waals surface area contributed by atoms with E-state index in [9.17, 15) is 0 Å². The first-order valence-corrected chi connectivity index (χ1v) is 3.10. The Morgan fingerprint density at radius 3 is 2.40 bits per heavy atom. The first kappa shape index (κ1) is 8.88. The van der Waals surface area contributed by atoms with Crippen LogP contribution >= 0.6 is 0 Å². The lowest BCUT2D eigenvalue weighted by Crippen LogP contribution is -1.98. The van der Waals surface area contributed by atoms with Gasteiger partial charge in [0.1, 0.15) is 0 Å². The molecule has 0 aliphatic rings. The Kier molecular flexibility index (Phi) is 4.20. The molecule has 10 heavy (non-hydrogen) atoms. The summed E-state index contributed by atoms with van der Waals surface area (Å²) in [5.41, 5.74) is 3.48. The molecule has 0 fully saturated rings. The van der Waals surface area contributed by atoms with Gasteiger partial charge in [0.05, 0.1) is 5.70 Å². The van der Waals surface area contributed by atoms with E-state index in [2.05, 4.69) is 29.0 Å². The first-order valence-electron chi connectivity index (χ1n) is 3.10. The van der Waals surface area contributed by atoms with Crippen molar-refractivity contribution in [1.29, 1.82) is 0 Å². The van der Waals surface area contributed by atoms with E-state index in [0.717, 1.165) is 5.70 Å². The van der Waals surface area contributed by atoms with Gasteiger partial charge in [0.25, 0.3) is 0 Å². The van der Waals surface area contributed by atoms with Crippen LogP contribution in [0.4, 0.5) is 0 Å². The Balaban J connectivity index is 4.03. The molecule has 56 valence electrons. The molecular formula is C7H13N3. The van der Waals surface area contributed by atoms with E-state index in [4.69, 9.17) is 0 Å². The third-order valence-electron chi connectivity index (χ3n) is 1.08. The van der Waals surface area contributed by atoms with Crippen LogP contribution in [0.15, 0.2) is 22.0 Å². The molecule has 3 nitrogen and oxygen atoms in total. The fourth-order valence-corrected chi connectivity index (χ4v) is 0.507. The molecule has 0 spiro atoms. The molecule has 0 atom stereocenters. The molecular weight excluding hydrogens is 126 g/mol. The van der Waals surface area contributed by atoms with Crippen LogP contribution in [-0.2, 0) is 0 Å². The van der Waals surface area contributed by atoms with E-state index in [1.807, 2.05) is 13.8 Å². The van der Waals surface area contributed by atoms with Gasteiger partial charge in [-0.15, -0.1) is 0 Å². The van der Waals surface area contributed by atoms with Gasteiger partial charge < -0.3 is 0 Å². The number of hydrogen-bond acceptors (Lipinski definition) is 3. The fraction of sp³-hybridized carbons (Fsp3) is 0.429. The molecule has 0 aromatic rings. The van der Waals surface area contributed by atoms with Gasteiger partial charge in [0, 0.05) is 12.9 Å². The highest BCUT2D eigenvalue weighted by Crippen LogP contribution is 2.07. The predicted molar refractivity (Wildman–Crippen MR) is 45.2 cm³/mol. The largest absolute Gasteiger partial charge is 0.285 e. The first-order chi connectivity index (χ1) is 4.72. The van der Waals surface area contributed by atoms with E-state index < -0.39 is 0 Å². The minimum absolute atomic E-state index is 0.367. The third-order valence-corrected chi connectivity index (χ3v) is 1.08. The predicted octanol–water partition coefficient (Wildman–Crippen LogP) is 1.39. The maximum atomic E-state index is 3.79. The lowest BCUT2D eigenvalue weighted by atomic mass is 10.1. The summed E-state index contributed by atoms with van der Waals surface area (Å²) in [5, 5.41) is 3.44. The van der Waals surface area contributed by atoms with Crippen LogP contribution in [0.1, 0.15) is 13.8 Å². The van der Waals surface area contributed by atoms with Crippen molar-refractivity contribution in [1.82, 2.24) is 5.43 Å². The summed E-state index contributed by atoms with van der Waals surface area (Å²) in [4.78, 5) is 3.79. The summed E-state index contributed by atoms with van der Waals surface area (Å²) < 4.78 is 0. The van der Waals surface area contributed by atoms with Gasteiger partial charge in [0.2, 0.25) is 0 Å². The fourth-order valence-electron chi connectivity index (χ4n) is 0.507. The average molecular weight is 139 g/mol. The van der Waals surface area contributed by atoms with Gasteiger partial charge in [-0.1, -0.05) is 13.8 Å². The van der Waals surface area contributed by atoms with Gasteiger partial charge in [-0.05, 0) is 12.6 Å². The molecule has 0 rings (SSSR count). The molecule has 0 aromatic carbocycles. The maximum absolute atomic E-state index is 3.79. The number of hydrazone groups is 1. The lowest BCUT2D eigenvalue weighted by Gasteiger charge is -2.02. The van der Waals surface area contributed by atoms with Crippen molar-refractivity contribution in [2.24, 2.45) is 16.0 Å². The number of nitrogens with zero attached hydrogens (tertiary/aromatic N) is 2. The summed E-state index contributed by atoms with van der Waals surface area (Å²) in [6.45, 7) is 10.7. The van der Waals surface area contributed by atoms with Crippen LogP contribution in [0.25, 0.3) is 0 Å². The second-order valence-corrected chi connectivity index (χ2v) is 2.17. The molecule has 0 bridgehead atoms. The molecule has 3 heteroatoms. The van der Waals surface area contributed by atoms with Crippen LogP contribution in [0.3, 0.4) is 0 Å². The van der Waals surface area contributed by atoms with E-state index in [1.54, 1.807) is 6.20 Å². The molecule has 0 unspecified atom stereocenters. The summed E-state index contributed by atoms with van der Waals surface area (Å²) in [6, 6.07) is 0. The van der Waals surface area contributed by atoms with Crippen molar-refractivity contribution < 1.29 is 0 Å². The molecule has 1 N–H and O–H groups in total. The van der Waals surface area contributed by atoms with Gasteiger partial charge in [-0.2, -0.15) is 5.10 Å². The van der Waals surface area contributed by atoms with E-state index >= 15 is 0 Å². The number of nitrogens with one attached hydrogen (secondary N) is 1. The second kappa shape index (κ2) is 4.73. The number of aliphatic imine (C=N–C) groups is 1. The van der Waals surface area contributed by atoms with Gasteiger partial charge in [-0.3, -0.25) is 10.4 Å². The van der Waals surface area contributed by atoms with Crippen molar-refractivity contribution in [3.8, 4) is 0 Å².